The predicted molar refractivity (Wildman–Crippen MR) is 109 cm³/mol. The maximum atomic E-state index is 12.5. The van der Waals surface area contributed by atoms with Crippen LogP contribution in [-0.4, -0.2) is 65.9 Å². The van der Waals surface area contributed by atoms with E-state index < -0.39 is 47.7 Å². The van der Waals surface area contributed by atoms with Crippen LogP contribution in [0.5, 0.6) is 0 Å². The van der Waals surface area contributed by atoms with Gasteiger partial charge < -0.3 is 38.3 Å². The Kier molecular flexibility index (Phi) is 13.0. The molecule has 3 atom stereocenters. The number of unbranched alkanes of at least 4 members (excludes halogenated alkanes) is 1. The molecule has 0 saturated carbocycles. The fraction of sp³-hybridized carbons (Fsp3) is 0.722. The molecular weight excluding hydrogens is 396 g/mol. The smallest absolute Gasteiger partial charge is 0.326 e. The lowest BCUT2D eigenvalue weighted by molar-refractivity contribution is -0.142. The number of aliphatic carboxylic acids is 1. The summed E-state index contributed by atoms with van der Waals surface area (Å²) >= 11 is 0. The topological polar surface area (TPSA) is 220 Å². The van der Waals surface area contributed by atoms with Crippen LogP contribution in [0.1, 0.15) is 46.0 Å². The SMILES string of the molecule is CC(C)C(N)C(=O)NCC(=O)NC(CCCCN)C(=O)NC(CCC(N)=O)C(=O)O. The number of hydrogen-bond donors (Lipinski definition) is 7. The molecule has 0 heterocycles. The molecule has 0 aliphatic heterocycles. The van der Waals surface area contributed by atoms with Gasteiger partial charge in [0.1, 0.15) is 12.1 Å². The molecule has 12 nitrogen and oxygen atoms in total. The molecular formula is C18H34N6O6. The van der Waals surface area contributed by atoms with E-state index in [1.54, 1.807) is 13.8 Å². The highest BCUT2D eigenvalue weighted by molar-refractivity contribution is 5.92. The molecule has 172 valence electrons. The average molecular weight is 431 g/mol. The van der Waals surface area contributed by atoms with E-state index in [2.05, 4.69) is 16.0 Å². The van der Waals surface area contributed by atoms with Crippen molar-refractivity contribution < 1.29 is 29.1 Å². The lowest BCUT2D eigenvalue weighted by Crippen LogP contribution is -2.54. The molecule has 0 fully saturated rings. The van der Waals surface area contributed by atoms with E-state index in [9.17, 15) is 29.1 Å². The molecule has 3 unspecified atom stereocenters. The standard InChI is InChI=1S/C18H34N6O6/c1-10(2)15(21)17(28)22-9-14(26)23-11(5-3-4-8-19)16(27)24-12(18(29)30)6-7-13(20)25/h10-12,15H,3-9,19,21H2,1-2H3,(H2,20,25)(H,22,28)(H,23,26)(H,24,27)(H,29,30). The van der Waals surface area contributed by atoms with Crippen LogP contribution in [0, 0.1) is 5.92 Å². The first kappa shape index (κ1) is 27.3. The van der Waals surface area contributed by atoms with Crippen molar-refractivity contribution in [2.45, 2.75) is 64.1 Å². The van der Waals surface area contributed by atoms with Gasteiger partial charge in [-0.3, -0.25) is 19.2 Å². The van der Waals surface area contributed by atoms with Crippen LogP contribution >= 0.6 is 0 Å². The highest BCUT2D eigenvalue weighted by Crippen LogP contribution is 2.04. The van der Waals surface area contributed by atoms with Crippen molar-refractivity contribution in [2.75, 3.05) is 13.1 Å². The molecule has 0 aromatic heterocycles. The van der Waals surface area contributed by atoms with Gasteiger partial charge in [0.25, 0.3) is 0 Å². The Morgan fingerprint density at radius 3 is 2.07 bits per heavy atom. The summed E-state index contributed by atoms with van der Waals surface area (Å²) in [5, 5.41) is 16.4. The van der Waals surface area contributed by atoms with E-state index >= 15 is 0 Å². The van der Waals surface area contributed by atoms with Gasteiger partial charge in [-0.2, -0.15) is 0 Å². The third-order valence-electron chi connectivity index (χ3n) is 4.34. The zero-order valence-electron chi connectivity index (χ0n) is 17.5. The molecule has 0 bridgehead atoms. The van der Waals surface area contributed by atoms with Crippen LogP contribution in [0.25, 0.3) is 0 Å². The number of rotatable bonds is 15. The van der Waals surface area contributed by atoms with Crippen molar-refractivity contribution >= 4 is 29.6 Å². The van der Waals surface area contributed by atoms with Crippen LogP contribution in [0.15, 0.2) is 0 Å². The Balaban J connectivity index is 4.95. The van der Waals surface area contributed by atoms with E-state index in [1.165, 1.54) is 0 Å². The molecule has 30 heavy (non-hydrogen) atoms. The predicted octanol–water partition coefficient (Wildman–Crippen LogP) is -2.47. The lowest BCUT2D eigenvalue weighted by Gasteiger charge is -2.22. The van der Waals surface area contributed by atoms with Crippen LogP contribution in [0.3, 0.4) is 0 Å². The Morgan fingerprint density at radius 1 is 0.933 bits per heavy atom. The number of primary amides is 1. The van der Waals surface area contributed by atoms with Gasteiger partial charge >= 0.3 is 5.97 Å². The zero-order valence-corrected chi connectivity index (χ0v) is 17.5. The Labute approximate surface area is 175 Å². The molecule has 0 spiro atoms. The van der Waals surface area contributed by atoms with Gasteiger partial charge in [-0.25, -0.2) is 4.79 Å². The number of nitrogens with one attached hydrogen (secondary N) is 3. The van der Waals surface area contributed by atoms with E-state index in [1.807, 2.05) is 0 Å². The van der Waals surface area contributed by atoms with Crippen molar-refractivity contribution in [1.29, 1.82) is 0 Å². The average Bonchev–Trinajstić information content (AvgIpc) is 2.67. The molecule has 0 aromatic carbocycles. The number of carboxylic acids is 1. The van der Waals surface area contributed by atoms with Gasteiger partial charge in [-0.1, -0.05) is 13.8 Å². The minimum Gasteiger partial charge on any atom is -0.480 e. The first-order valence-electron chi connectivity index (χ1n) is 9.83. The van der Waals surface area contributed by atoms with Crippen molar-refractivity contribution in [3.63, 3.8) is 0 Å². The summed E-state index contributed by atoms with van der Waals surface area (Å²) in [6.07, 6.45) is 0.936. The fourth-order valence-electron chi connectivity index (χ4n) is 2.41. The van der Waals surface area contributed by atoms with Crippen molar-refractivity contribution in [1.82, 2.24) is 16.0 Å². The normalized spacial score (nSPS) is 13.8. The van der Waals surface area contributed by atoms with Crippen molar-refractivity contribution in [3.8, 4) is 0 Å². The second-order valence-electron chi connectivity index (χ2n) is 7.30. The van der Waals surface area contributed by atoms with E-state index in [0.29, 0.717) is 19.4 Å². The highest BCUT2D eigenvalue weighted by Gasteiger charge is 2.27. The summed E-state index contributed by atoms with van der Waals surface area (Å²) in [7, 11) is 0. The van der Waals surface area contributed by atoms with E-state index in [0.717, 1.165) is 0 Å². The number of carbonyl (C=O) groups excluding carboxylic acids is 4. The van der Waals surface area contributed by atoms with Crippen LogP contribution in [0.4, 0.5) is 0 Å². The lowest BCUT2D eigenvalue weighted by atomic mass is 10.1. The van der Waals surface area contributed by atoms with Gasteiger partial charge in [-0.05, 0) is 38.1 Å². The number of hydrogen-bond acceptors (Lipinski definition) is 7. The van der Waals surface area contributed by atoms with Gasteiger partial charge in [0, 0.05) is 6.42 Å². The number of amides is 4. The summed E-state index contributed by atoms with van der Waals surface area (Å²) in [5.74, 6) is -3.98. The molecule has 0 radical (unpaired) electrons. The zero-order chi connectivity index (χ0) is 23.3. The third-order valence-corrected chi connectivity index (χ3v) is 4.34. The Bertz CT molecular complexity index is 612. The first-order chi connectivity index (χ1) is 14.0. The van der Waals surface area contributed by atoms with Crippen LogP contribution < -0.4 is 33.2 Å². The monoisotopic (exact) mass is 430 g/mol. The maximum Gasteiger partial charge on any atom is 0.326 e. The van der Waals surface area contributed by atoms with Gasteiger partial charge in [0.15, 0.2) is 0 Å². The van der Waals surface area contributed by atoms with Gasteiger partial charge in [0.05, 0.1) is 12.6 Å². The molecule has 10 N–H and O–H groups in total. The quantitative estimate of drug-likeness (QED) is 0.138. The molecule has 0 aromatic rings. The summed E-state index contributed by atoms with van der Waals surface area (Å²) in [6.45, 7) is 3.53. The third kappa shape index (κ3) is 11.3. The fourth-order valence-corrected chi connectivity index (χ4v) is 2.41. The Hall–Kier alpha value is -2.73. The molecule has 0 saturated heterocycles. The minimum atomic E-state index is -1.33. The molecule has 0 aliphatic rings. The second-order valence-corrected chi connectivity index (χ2v) is 7.30. The Morgan fingerprint density at radius 2 is 1.57 bits per heavy atom. The minimum absolute atomic E-state index is 0.115. The number of carboxylic acid groups (broad SMARTS) is 1. The maximum absolute atomic E-state index is 12.5. The largest absolute Gasteiger partial charge is 0.480 e. The van der Waals surface area contributed by atoms with Gasteiger partial charge in [-0.15, -0.1) is 0 Å². The second kappa shape index (κ2) is 14.3. The summed E-state index contributed by atoms with van der Waals surface area (Å²) in [5.41, 5.74) is 16.2. The molecule has 12 heteroatoms. The molecule has 0 rings (SSSR count). The summed E-state index contributed by atoms with van der Waals surface area (Å²) < 4.78 is 0. The van der Waals surface area contributed by atoms with Gasteiger partial charge in [0.2, 0.25) is 23.6 Å². The molecule has 0 aliphatic carbocycles. The van der Waals surface area contributed by atoms with Crippen LogP contribution in [0.2, 0.25) is 0 Å². The summed E-state index contributed by atoms with van der Waals surface area (Å²) in [6, 6.07) is -3.14. The number of carbonyl (C=O) groups is 5. The highest BCUT2D eigenvalue weighted by atomic mass is 16.4. The van der Waals surface area contributed by atoms with E-state index in [-0.39, 0.29) is 31.7 Å². The van der Waals surface area contributed by atoms with E-state index in [4.69, 9.17) is 17.2 Å². The summed E-state index contributed by atoms with van der Waals surface area (Å²) in [4.78, 5) is 58.8. The van der Waals surface area contributed by atoms with Crippen molar-refractivity contribution in [3.05, 3.63) is 0 Å². The first-order valence-corrected chi connectivity index (χ1v) is 9.83. The van der Waals surface area contributed by atoms with Crippen LogP contribution in [-0.2, 0) is 24.0 Å². The number of nitrogens with two attached hydrogens (primary N) is 3. The molecule has 4 amide bonds. The van der Waals surface area contributed by atoms with Crippen molar-refractivity contribution in [2.24, 2.45) is 23.1 Å².